The second-order valence-corrected chi connectivity index (χ2v) is 6.03. The Balaban J connectivity index is 1.80. The molecule has 1 N–H and O–H groups in total. The van der Waals surface area contributed by atoms with Crippen LogP contribution < -0.4 is 5.32 Å². The smallest absolute Gasteiger partial charge is 0.254 e. The molecule has 0 aliphatic carbocycles. The van der Waals surface area contributed by atoms with Gasteiger partial charge in [-0.05, 0) is 36.1 Å². The van der Waals surface area contributed by atoms with E-state index in [-0.39, 0.29) is 11.8 Å². The predicted molar refractivity (Wildman–Crippen MR) is 83.5 cm³/mol. The number of hydrogen-bond acceptors (Lipinski definition) is 3. The van der Waals surface area contributed by atoms with Gasteiger partial charge in [-0.1, -0.05) is 12.1 Å². The number of nitrogens with zero attached hydrogens (tertiary/aromatic N) is 1. The molecule has 0 spiro atoms. The van der Waals surface area contributed by atoms with Crippen molar-refractivity contribution in [2.75, 3.05) is 11.9 Å². The Morgan fingerprint density at radius 1 is 1.38 bits per heavy atom. The van der Waals surface area contributed by atoms with Crippen LogP contribution >= 0.6 is 11.3 Å². The van der Waals surface area contributed by atoms with Crippen molar-refractivity contribution in [3.05, 3.63) is 51.7 Å². The third kappa shape index (κ3) is 2.83. The first-order chi connectivity index (χ1) is 10.2. The van der Waals surface area contributed by atoms with E-state index in [2.05, 4.69) is 5.32 Å². The Kier molecular flexibility index (Phi) is 3.75. The first-order valence-corrected chi connectivity index (χ1v) is 7.79. The number of amides is 2. The van der Waals surface area contributed by atoms with Gasteiger partial charge in [0.25, 0.3) is 5.91 Å². The third-order valence-electron chi connectivity index (χ3n) is 3.58. The molecular formula is C16H16N2O2S. The van der Waals surface area contributed by atoms with E-state index in [0.29, 0.717) is 25.1 Å². The molecular weight excluding hydrogens is 284 g/mol. The molecule has 1 aromatic heterocycles. The molecule has 0 bridgehead atoms. The van der Waals surface area contributed by atoms with Crippen LogP contribution in [0.15, 0.2) is 35.7 Å². The highest BCUT2D eigenvalue weighted by Crippen LogP contribution is 2.25. The largest absolute Gasteiger partial charge is 0.334 e. The van der Waals surface area contributed by atoms with Gasteiger partial charge >= 0.3 is 0 Å². The first kappa shape index (κ1) is 13.8. The van der Waals surface area contributed by atoms with Gasteiger partial charge in [-0.3, -0.25) is 9.59 Å². The molecule has 0 fully saturated rings. The first-order valence-electron chi connectivity index (χ1n) is 6.92. The Morgan fingerprint density at radius 2 is 2.24 bits per heavy atom. The van der Waals surface area contributed by atoms with Crippen LogP contribution in [0.3, 0.4) is 0 Å². The molecule has 0 saturated carbocycles. The van der Waals surface area contributed by atoms with Crippen molar-refractivity contribution in [2.24, 2.45) is 0 Å². The van der Waals surface area contributed by atoms with Crippen molar-refractivity contribution in [3.63, 3.8) is 0 Å². The summed E-state index contributed by atoms with van der Waals surface area (Å²) in [5.74, 6) is -0.0182. The summed E-state index contributed by atoms with van der Waals surface area (Å²) >= 11 is 1.65. The summed E-state index contributed by atoms with van der Waals surface area (Å²) in [5, 5.41) is 4.80. The zero-order chi connectivity index (χ0) is 14.8. The van der Waals surface area contributed by atoms with Gasteiger partial charge < -0.3 is 10.2 Å². The molecule has 1 aliphatic heterocycles. The lowest BCUT2D eigenvalue weighted by atomic mass is 10.1. The summed E-state index contributed by atoms with van der Waals surface area (Å²) in [7, 11) is 0. The molecule has 0 radical (unpaired) electrons. The minimum absolute atomic E-state index is 0.00477. The van der Waals surface area contributed by atoms with Crippen LogP contribution in [-0.4, -0.2) is 23.3 Å². The van der Waals surface area contributed by atoms with Crippen LogP contribution in [0.4, 0.5) is 5.69 Å². The standard InChI is InChI=1S/C16H16N2O2S/c1-2-18(10-13-4-3-7-21-13)16(20)12-6-5-11-9-15(19)17-14(11)8-12/h3-8H,2,9-10H2,1H3,(H,17,19). The Bertz CT molecular complexity index is 680. The number of anilines is 1. The number of benzene rings is 1. The number of rotatable bonds is 4. The van der Waals surface area contributed by atoms with E-state index in [0.717, 1.165) is 11.3 Å². The fourth-order valence-electron chi connectivity index (χ4n) is 2.45. The van der Waals surface area contributed by atoms with Crippen LogP contribution in [0.25, 0.3) is 0 Å². The van der Waals surface area contributed by atoms with Gasteiger partial charge in [-0.2, -0.15) is 0 Å². The minimum Gasteiger partial charge on any atom is -0.334 e. The summed E-state index contributed by atoms with van der Waals surface area (Å²) in [6.45, 7) is 3.25. The number of nitrogens with one attached hydrogen (secondary N) is 1. The van der Waals surface area contributed by atoms with Crippen molar-refractivity contribution in [2.45, 2.75) is 19.9 Å². The maximum atomic E-state index is 12.6. The van der Waals surface area contributed by atoms with Crippen molar-refractivity contribution in [1.82, 2.24) is 4.90 Å². The van der Waals surface area contributed by atoms with Crippen molar-refractivity contribution < 1.29 is 9.59 Å². The molecule has 21 heavy (non-hydrogen) atoms. The molecule has 3 rings (SSSR count). The van der Waals surface area contributed by atoms with Crippen molar-refractivity contribution in [1.29, 1.82) is 0 Å². The summed E-state index contributed by atoms with van der Waals surface area (Å²) in [6.07, 6.45) is 0.399. The molecule has 0 saturated heterocycles. The van der Waals surface area contributed by atoms with Gasteiger partial charge in [-0.15, -0.1) is 11.3 Å². The lowest BCUT2D eigenvalue weighted by Gasteiger charge is -2.20. The van der Waals surface area contributed by atoms with E-state index in [1.54, 1.807) is 23.5 Å². The lowest BCUT2D eigenvalue weighted by molar-refractivity contribution is -0.115. The number of thiophene rings is 1. The topological polar surface area (TPSA) is 49.4 Å². The number of fused-ring (bicyclic) bond motifs is 1. The van der Waals surface area contributed by atoms with Crippen LogP contribution in [0, 0.1) is 0 Å². The fraction of sp³-hybridized carbons (Fsp3) is 0.250. The number of carbonyl (C=O) groups is 2. The molecule has 1 aromatic carbocycles. The van der Waals surface area contributed by atoms with Crippen LogP contribution in [0.5, 0.6) is 0 Å². The van der Waals surface area contributed by atoms with Crippen molar-refractivity contribution >= 4 is 28.8 Å². The average Bonchev–Trinajstić information content (AvgIpc) is 3.11. The predicted octanol–water partition coefficient (Wildman–Crippen LogP) is 2.91. The maximum absolute atomic E-state index is 12.6. The highest BCUT2D eigenvalue weighted by Gasteiger charge is 2.21. The molecule has 108 valence electrons. The van der Waals surface area contributed by atoms with E-state index in [4.69, 9.17) is 0 Å². The minimum atomic E-state index is -0.0134. The number of hydrogen-bond donors (Lipinski definition) is 1. The van der Waals surface area contributed by atoms with E-state index in [9.17, 15) is 9.59 Å². The summed E-state index contributed by atoms with van der Waals surface area (Å²) in [5.41, 5.74) is 2.34. The highest BCUT2D eigenvalue weighted by molar-refractivity contribution is 7.09. The molecule has 0 unspecified atom stereocenters. The number of carbonyl (C=O) groups excluding carboxylic acids is 2. The zero-order valence-electron chi connectivity index (χ0n) is 11.8. The molecule has 5 heteroatoms. The second-order valence-electron chi connectivity index (χ2n) is 5.00. The van der Waals surface area contributed by atoms with Gasteiger partial charge in [0.2, 0.25) is 5.91 Å². The second kappa shape index (κ2) is 5.69. The highest BCUT2D eigenvalue weighted by atomic mass is 32.1. The van der Waals surface area contributed by atoms with Crippen LogP contribution in [-0.2, 0) is 17.8 Å². The van der Waals surface area contributed by atoms with Crippen molar-refractivity contribution in [3.8, 4) is 0 Å². The summed E-state index contributed by atoms with van der Waals surface area (Å²) < 4.78 is 0. The van der Waals surface area contributed by atoms with Crippen LogP contribution in [0.2, 0.25) is 0 Å². The third-order valence-corrected chi connectivity index (χ3v) is 4.44. The maximum Gasteiger partial charge on any atom is 0.254 e. The Hall–Kier alpha value is -2.14. The fourth-order valence-corrected chi connectivity index (χ4v) is 3.17. The summed E-state index contributed by atoms with van der Waals surface area (Å²) in [6, 6.07) is 9.46. The van der Waals surface area contributed by atoms with Gasteiger partial charge in [0.1, 0.15) is 0 Å². The quantitative estimate of drug-likeness (QED) is 0.944. The Morgan fingerprint density at radius 3 is 2.95 bits per heavy atom. The molecule has 2 amide bonds. The molecule has 1 aliphatic rings. The molecule has 2 aromatic rings. The zero-order valence-corrected chi connectivity index (χ0v) is 12.6. The normalized spacial score (nSPS) is 12.9. The molecule has 2 heterocycles. The van der Waals surface area contributed by atoms with E-state index >= 15 is 0 Å². The van der Waals surface area contributed by atoms with Gasteiger partial charge in [0.05, 0.1) is 13.0 Å². The van der Waals surface area contributed by atoms with E-state index in [1.807, 2.05) is 35.4 Å². The van der Waals surface area contributed by atoms with E-state index in [1.165, 1.54) is 4.88 Å². The molecule has 4 nitrogen and oxygen atoms in total. The Labute approximate surface area is 127 Å². The van der Waals surface area contributed by atoms with Gasteiger partial charge in [0, 0.05) is 22.7 Å². The van der Waals surface area contributed by atoms with E-state index < -0.39 is 0 Å². The van der Waals surface area contributed by atoms with Gasteiger partial charge in [0.15, 0.2) is 0 Å². The monoisotopic (exact) mass is 300 g/mol. The molecule has 0 atom stereocenters. The van der Waals surface area contributed by atoms with Crippen LogP contribution in [0.1, 0.15) is 27.7 Å². The SMILES string of the molecule is CCN(Cc1cccs1)C(=O)c1ccc2c(c1)NC(=O)C2. The van der Waals surface area contributed by atoms with Gasteiger partial charge in [-0.25, -0.2) is 0 Å². The summed E-state index contributed by atoms with van der Waals surface area (Å²) in [4.78, 5) is 27.0. The average molecular weight is 300 g/mol. The lowest BCUT2D eigenvalue weighted by Crippen LogP contribution is -2.30.